The number of esters is 1. The third-order valence-electron chi connectivity index (χ3n) is 4.79. The summed E-state index contributed by atoms with van der Waals surface area (Å²) in [6.45, 7) is 8.16. The van der Waals surface area contributed by atoms with Gasteiger partial charge < -0.3 is 14.7 Å². The van der Waals surface area contributed by atoms with E-state index in [4.69, 9.17) is 27.9 Å². The number of aryl methyl sites for hydroxylation is 1. The molecule has 0 bridgehead atoms. The van der Waals surface area contributed by atoms with E-state index in [9.17, 15) is 4.79 Å². The molecule has 1 aromatic heterocycles. The normalized spacial score (nSPS) is 11.3. The standard InChI is InChI=1S/C24H25Cl2N3O2/c1-15(2)31-24(30)18-8-10-20(11-9-18)29-16(3)12-19(17(29)4)13-27-28-14-21-22(25)6-5-7-23(21)26/h5-13,15,28H,14H2,1-4H3/b27-13+. The van der Waals surface area contributed by atoms with Crippen molar-refractivity contribution in [3.05, 3.63) is 86.7 Å². The Morgan fingerprint density at radius 1 is 1.13 bits per heavy atom. The number of aromatic nitrogens is 1. The summed E-state index contributed by atoms with van der Waals surface area (Å²) in [5.41, 5.74) is 8.39. The van der Waals surface area contributed by atoms with Crippen molar-refractivity contribution in [2.75, 3.05) is 0 Å². The number of rotatable bonds is 7. The van der Waals surface area contributed by atoms with E-state index in [0.29, 0.717) is 22.2 Å². The number of ether oxygens (including phenoxy) is 1. The zero-order chi connectivity index (χ0) is 22.5. The third-order valence-corrected chi connectivity index (χ3v) is 5.49. The Labute approximate surface area is 192 Å². The van der Waals surface area contributed by atoms with Crippen LogP contribution in [0.5, 0.6) is 0 Å². The lowest BCUT2D eigenvalue weighted by atomic mass is 10.2. The molecule has 0 saturated heterocycles. The van der Waals surface area contributed by atoms with Crippen LogP contribution in [0.2, 0.25) is 10.0 Å². The van der Waals surface area contributed by atoms with Crippen LogP contribution in [0.1, 0.15) is 46.7 Å². The second-order valence-electron chi connectivity index (χ2n) is 7.46. The fraction of sp³-hybridized carbons (Fsp3) is 0.250. The number of benzene rings is 2. The molecular formula is C24H25Cl2N3O2. The zero-order valence-corrected chi connectivity index (χ0v) is 19.5. The predicted octanol–water partition coefficient (Wildman–Crippen LogP) is 6.09. The fourth-order valence-corrected chi connectivity index (χ4v) is 3.82. The first kappa shape index (κ1) is 22.9. The molecule has 0 radical (unpaired) electrons. The lowest BCUT2D eigenvalue weighted by Gasteiger charge is -2.11. The van der Waals surface area contributed by atoms with Crippen molar-refractivity contribution in [3.63, 3.8) is 0 Å². The largest absolute Gasteiger partial charge is 0.459 e. The summed E-state index contributed by atoms with van der Waals surface area (Å²) in [4.78, 5) is 12.1. The number of hydrogen-bond acceptors (Lipinski definition) is 4. The van der Waals surface area contributed by atoms with Crippen molar-refractivity contribution in [2.24, 2.45) is 5.10 Å². The number of hydrazone groups is 1. The van der Waals surface area contributed by atoms with E-state index >= 15 is 0 Å². The van der Waals surface area contributed by atoms with Gasteiger partial charge in [0.2, 0.25) is 0 Å². The first-order valence-electron chi connectivity index (χ1n) is 9.97. The van der Waals surface area contributed by atoms with Gasteiger partial charge in [-0.05, 0) is 70.2 Å². The van der Waals surface area contributed by atoms with Crippen LogP contribution in [-0.4, -0.2) is 22.9 Å². The Balaban J connectivity index is 1.73. The summed E-state index contributed by atoms with van der Waals surface area (Å²) in [5.74, 6) is -0.319. The summed E-state index contributed by atoms with van der Waals surface area (Å²) < 4.78 is 7.36. The molecule has 7 heteroatoms. The van der Waals surface area contributed by atoms with Crippen LogP contribution >= 0.6 is 23.2 Å². The molecule has 0 fully saturated rings. The summed E-state index contributed by atoms with van der Waals surface area (Å²) in [6.07, 6.45) is 1.63. The monoisotopic (exact) mass is 457 g/mol. The van der Waals surface area contributed by atoms with Crippen LogP contribution in [0.3, 0.4) is 0 Å². The van der Waals surface area contributed by atoms with Crippen LogP contribution in [0.4, 0.5) is 0 Å². The van der Waals surface area contributed by atoms with Crippen molar-refractivity contribution in [1.29, 1.82) is 0 Å². The van der Waals surface area contributed by atoms with E-state index in [-0.39, 0.29) is 12.1 Å². The molecule has 162 valence electrons. The van der Waals surface area contributed by atoms with E-state index in [1.165, 1.54) is 0 Å². The lowest BCUT2D eigenvalue weighted by molar-refractivity contribution is 0.0378. The molecule has 0 atom stereocenters. The summed E-state index contributed by atoms with van der Waals surface area (Å²) >= 11 is 12.4. The van der Waals surface area contributed by atoms with Crippen LogP contribution in [0.15, 0.2) is 53.6 Å². The van der Waals surface area contributed by atoms with Gasteiger partial charge in [-0.3, -0.25) is 0 Å². The Hall–Kier alpha value is -2.76. The Morgan fingerprint density at radius 2 is 1.77 bits per heavy atom. The molecule has 5 nitrogen and oxygen atoms in total. The van der Waals surface area contributed by atoms with E-state index in [1.807, 2.05) is 45.9 Å². The number of halogens is 2. The molecule has 2 aromatic carbocycles. The summed E-state index contributed by atoms with van der Waals surface area (Å²) in [7, 11) is 0. The minimum atomic E-state index is -0.319. The highest BCUT2D eigenvalue weighted by molar-refractivity contribution is 6.35. The zero-order valence-electron chi connectivity index (χ0n) is 17.9. The van der Waals surface area contributed by atoms with Gasteiger partial charge in [0.15, 0.2) is 0 Å². The molecule has 0 aliphatic heterocycles. The van der Waals surface area contributed by atoms with Gasteiger partial charge in [-0.25, -0.2) is 4.79 Å². The molecule has 31 heavy (non-hydrogen) atoms. The molecule has 0 unspecified atom stereocenters. The highest BCUT2D eigenvalue weighted by Crippen LogP contribution is 2.24. The van der Waals surface area contributed by atoms with Crippen LogP contribution in [0, 0.1) is 13.8 Å². The number of carbonyl (C=O) groups is 1. The fourth-order valence-electron chi connectivity index (χ4n) is 3.29. The molecule has 0 saturated carbocycles. The first-order chi connectivity index (χ1) is 14.8. The quantitative estimate of drug-likeness (QED) is 0.265. The van der Waals surface area contributed by atoms with Crippen LogP contribution in [0.25, 0.3) is 5.69 Å². The average Bonchev–Trinajstić information content (AvgIpc) is 3.00. The minimum absolute atomic E-state index is 0.148. The Morgan fingerprint density at radius 3 is 2.39 bits per heavy atom. The van der Waals surface area contributed by atoms with Crippen molar-refractivity contribution in [1.82, 2.24) is 9.99 Å². The molecule has 0 spiro atoms. The molecular weight excluding hydrogens is 433 g/mol. The molecule has 0 aliphatic carbocycles. The predicted molar refractivity (Wildman–Crippen MR) is 127 cm³/mol. The lowest BCUT2D eigenvalue weighted by Crippen LogP contribution is -2.11. The maximum absolute atomic E-state index is 12.1. The van der Waals surface area contributed by atoms with Crippen molar-refractivity contribution in [2.45, 2.75) is 40.3 Å². The van der Waals surface area contributed by atoms with Gasteiger partial charge in [0, 0.05) is 38.2 Å². The molecule has 1 N–H and O–H groups in total. The van der Waals surface area contributed by atoms with Crippen LogP contribution < -0.4 is 5.43 Å². The maximum Gasteiger partial charge on any atom is 0.338 e. The van der Waals surface area contributed by atoms with Gasteiger partial charge in [0.25, 0.3) is 0 Å². The highest BCUT2D eigenvalue weighted by atomic mass is 35.5. The van der Waals surface area contributed by atoms with Gasteiger partial charge >= 0.3 is 5.97 Å². The van der Waals surface area contributed by atoms with Gasteiger partial charge in [-0.1, -0.05) is 29.3 Å². The van der Waals surface area contributed by atoms with E-state index in [1.54, 1.807) is 30.5 Å². The van der Waals surface area contributed by atoms with Crippen molar-refractivity contribution >= 4 is 35.4 Å². The highest BCUT2D eigenvalue weighted by Gasteiger charge is 2.12. The minimum Gasteiger partial charge on any atom is -0.459 e. The van der Waals surface area contributed by atoms with Crippen molar-refractivity contribution < 1.29 is 9.53 Å². The van der Waals surface area contributed by atoms with Gasteiger partial charge in [0.05, 0.1) is 24.4 Å². The summed E-state index contributed by atoms with van der Waals surface area (Å²) in [5, 5.41) is 5.54. The van der Waals surface area contributed by atoms with Crippen molar-refractivity contribution in [3.8, 4) is 5.69 Å². The van der Waals surface area contributed by atoms with Gasteiger partial charge in [0.1, 0.15) is 0 Å². The topological polar surface area (TPSA) is 55.6 Å². The summed E-state index contributed by atoms with van der Waals surface area (Å²) in [6, 6.07) is 14.9. The van der Waals surface area contributed by atoms with E-state index in [0.717, 1.165) is 28.2 Å². The molecule has 0 aliphatic rings. The van der Waals surface area contributed by atoms with E-state index < -0.39 is 0 Å². The number of nitrogens with zero attached hydrogens (tertiary/aromatic N) is 2. The molecule has 0 amide bonds. The maximum atomic E-state index is 12.1. The first-order valence-corrected chi connectivity index (χ1v) is 10.7. The average molecular weight is 458 g/mol. The van der Waals surface area contributed by atoms with Gasteiger partial charge in [-0.2, -0.15) is 5.10 Å². The molecule has 3 aromatic rings. The molecule has 1 heterocycles. The number of carbonyl (C=O) groups excluding carboxylic acids is 1. The van der Waals surface area contributed by atoms with Gasteiger partial charge in [-0.15, -0.1) is 0 Å². The second-order valence-corrected chi connectivity index (χ2v) is 8.27. The third kappa shape index (κ3) is 5.49. The Bertz CT molecular complexity index is 1080. The second kappa shape index (κ2) is 10.0. The van der Waals surface area contributed by atoms with E-state index in [2.05, 4.69) is 21.2 Å². The number of hydrogen-bond donors (Lipinski definition) is 1. The SMILES string of the molecule is Cc1cc(/C=N/NCc2c(Cl)cccc2Cl)c(C)n1-c1ccc(C(=O)OC(C)C)cc1. The van der Waals surface area contributed by atoms with Crippen LogP contribution in [-0.2, 0) is 11.3 Å². The molecule has 3 rings (SSSR count). The Kier molecular flexibility index (Phi) is 7.42. The number of nitrogens with one attached hydrogen (secondary N) is 1. The smallest absolute Gasteiger partial charge is 0.338 e.